The molecule has 29 heavy (non-hydrogen) atoms. The molecule has 4 rings (SSSR count). The smallest absolute Gasteiger partial charge is 0.232 e. The minimum atomic E-state index is 0.423. The Morgan fingerprint density at radius 1 is 0.931 bits per heavy atom. The van der Waals surface area contributed by atoms with Gasteiger partial charge in [-0.05, 0) is 42.8 Å². The molecule has 3 aromatic heterocycles. The predicted molar refractivity (Wildman–Crippen MR) is 111 cm³/mol. The number of nitrogens with zero attached hydrogens (tertiary/aromatic N) is 5. The monoisotopic (exact) mass is 387 g/mol. The zero-order valence-corrected chi connectivity index (χ0v) is 16.3. The van der Waals surface area contributed by atoms with Crippen molar-refractivity contribution in [3.63, 3.8) is 0 Å². The van der Waals surface area contributed by atoms with Gasteiger partial charge in [0, 0.05) is 35.3 Å². The lowest BCUT2D eigenvalue weighted by Gasteiger charge is -2.08. The van der Waals surface area contributed by atoms with Crippen molar-refractivity contribution in [2.45, 2.75) is 19.8 Å². The van der Waals surface area contributed by atoms with Crippen LogP contribution in [0.5, 0.6) is 5.75 Å². The fourth-order valence-corrected chi connectivity index (χ4v) is 2.87. The Morgan fingerprint density at radius 2 is 1.62 bits per heavy atom. The molecule has 0 unspecified atom stereocenters. The zero-order valence-electron chi connectivity index (χ0n) is 16.3. The van der Waals surface area contributed by atoms with Gasteiger partial charge < -0.3 is 10.1 Å². The maximum Gasteiger partial charge on any atom is 0.232 e. The molecule has 0 saturated heterocycles. The van der Waals surface area contributed by atoms with Crippen molar-refractivity contribution in [1.82, 2.24) is 30.1 Å². The number of hydrogen-bond donors (Lipinski definition) is 2. The molecule has 0 aliphatic heterocycles. The van der Waals surface area contributed by atoms with Crippen molar-refractivity contribution in [2.75, 3.05) is 12.4 Å². The molecule has 4 aromatic rings. The maximum absolute atomic E-state index is 5.24. The molecule has 1 aromatic carbocycles. The summed E-state index contributed by atoms with van der Waals surface area (Å²) >= 11 is 0. The Labute approximate surface area is 168 Å². The summed E-state index contributed by atoms with van der Waals surface area (Å²) in [7, 11) is 1.64. The van der Waals surface area contributed by atoms with E-state index in [4.69, 9.17) is 4.74 Å². The average Bonchev–Trinajstić information content (AvgIpc) is 3.21. The first-order chi connectivity index (χ1) is 14.2. The quantitative estimate of drug-likeness (QED) is 0.494. The van der Waals surface area contributed by atoms with Gasteiger partial charge in [0.25, 0.3) is 0 Å². The fourth-order valence-electron chi connectivity index (χ4n) is 2.87. The second-order valence-corrected chi connectivity index (χ2v) is 6.42. The Hall–Kier alpha value is -3.81. The molecule has 0 fully saturated rings. The van der Waals surface area contributed by atoms with Gasteiger partial charge in [0.1, 0.15) is 5.75 Å². The predicted octanol–water partition coefficient (Wildman–Crippen LogP) is 4.03. The molecule has 0 radical (unpaired) electrons. The molecular formula is C21H21N7O. The third-order valence-corrected chi connectivity index (χ3v) is 4.31. The Bertz CT molecular complexity index is 1080. The molecule has 0 bridgehead atoms. The van der Waals surface area contributed by atoms with E-state index in [1.807, 2.05) is 42.5 Å². The number of aromatic nitrogens is 6. The largest absolute Gasteiger partial charge is 0.497 e. The highest BCUT2D eigenvalue weighted by atomic mass is 16.5. The van der Waals surface area contributed by atoms with E-state index < -0.39 is 0 Å². The number of H-pyrrole nitrogens is 1. The van der Waals surface area contributed by atoms with Crippen LogP contribution < -0.4 is 10.1 Å². The van der Waals surface area contributed by atoms with E-state index in [-0.39, 0.29) is 0 Å². The second kappa shape index (κ2) is 8.47. The molecule has 8 nitrogen and oxygen atoms in total. The van der Waals surface area contributed by atoms with Crippen LogP contribution in [0.3, 0.4) is 0 Å². The second-order valence-electron chi connectivity index (χ2n) is 6.42. The van der Waals surface area contributed by atoms with Gasteiger partial charge in [0.2, 0.25) is 5.95 Å². The number of pyridine rings is 1. The van der Waals surface area contributed by atoms with Crippen LogP contribution in [0.2, 0.25) is 0 Å². The van der Waals surface area contributed by atoms with E-state index in [1.165, 1.54) is 0 Å². The number of aryl methyl sites for hydroxylation is 1. The van der Waals surface area contributed by atoms with Crippen molar-refractivity contribution in [3.05, 3.63) is 60.6 Å². The minimum absolute atomic E-state index is 0.423. The molecule has 0 saturated carbocycles. The summed E-state index contributed by atoms with van der Waals surface area (Å²) in [5.74, 6) is 2.98. The molecule has 0 aliphatic rings. The molecular weight excluding hydrogens is 366 g/mol. The molecule has 0 atom stereocenters. The molecule has 8 heteroatoms. The third kappa shape index (κ3) is 4.37. The van der Waals surface area contributed by atoms with Crippen molar-refractivity contribution < 1.29 is 4.74 Å². The van der Waals surface area contributed by atoms with Gasteiger partial charge in [-0.3, -0.25) is 10.1 Å². The molecule has 146 valence electrons. The van der Waals surface area contributed by atoms with E-state index >= 15 is 0 Å². The summed E-state index contributed by atoms with van der Waals surface area (Å²) in [5.41, 5.74) is 2.78. The lowest BCUT2D eigenvalue weighted by molar-refractivity contribution is 0.415. The van der Waals surface area contributed by atoms with E-state index in [1.54, 1.807) is 19.5 Å². The van der Waals surface area contributed by atoms with Crippen molar-refractivity contribution in [3.8, 4) is 28.5 Å². The summed E-state index contributed by atoms with van der Waals surface area (Å²) in [6.45, 7) is 2.13. The summed E-state index contributed by atoms with van der Waals surface area (Å²) in [6, 6.07) is 13.3. The highest BCUT2D eigenvalue weighted by molar-refractivity contribution is 5.64. The first-order valence-electron chi connectivity index (χ1n) is 9.37. The Balaban J connectivity index is 1.72. The first kappa shape index (κ1) is 18.5. The molecule has 0 spiro atoms. The Kier molecular flexibility index (Phi) is 5.42. The molecule has 0 amide bonds. The summed E-state index contributed by atoms with van der Waals surface area (Å²) < 4.78 is 5.24. The van der Waals surface area contributed by atoms with Gasteiger partial charge in [0.05, 0.1) is 7.11 Å². The first-order valence-corrected chi connectivity index (χ1v) is 9.37. The number of ether oxygens (including phenoxy) is 1. The van der Waals surface area contributed by atoms with Crippen LogP contribution in [0.25, 0.3) is 22.8 Å². The van der Waals surface area contributed by atoms with Gasteiger partial charge in [-0.1, -0.05) is 13.3 Å². The van der Waals surface area contributed by atoms with E-state index in [2.05, 4.69) is 42.4 Å². The van der Waals surface area contributed by atoms with Gasteiger partial charge >= 0.3 is 0 Å². The average molecular weight is 387 g/mol. The SMILES string of the molecule is CCCc1cc(Nc2nc(-c3ccncc3)nc(-c3ccc(OC)cc3)n2)n[nH]1. The summed E-state index contributed by atoms with van der Waals surface area (Å²) in [5, 5.41) is 10.5. The number of nitrogens with one attached hydrogen (secondary N) is 2. The van der Waals surface area contributed by atoms with Crippen LogP contribution in [-0.4, -0.2) is 37.2 Å². The van der Waals surface area contributed by atoms with Crippen LogP contribution in [0, 0.1) is 0 Å². The summed E-state index contributed by atoms with van der Waals surface area (Å²) in [6.07, 6.45) is 5.40. The van der Waals surface area contributed by atoms with Gasteiger partial charge in [0.15, 0.2) is 17.5 Å². The minimum Gasteiger partial charge on any atom is -0.497 e. The number of rotatable bonds is 7. The molecule has 2 N–H and O–H groups in total. The highest BCUT2D eigenvalue weighted by Crippen LogP contribution is 2.24. The van der Waals surface area contributed by atoms with E-state index in [0.717, 1.165) is 35.4 Å². The maximum atomic E-state index is 5.24. The summed E-state index contributed by atoms with van der Waals surface area (Å²) in [4.78, 5) is 17.9. The van der Waals surface area contributed by atoms with E-state index in [9.17, 15) is 0 Å². The standard InChI is InChI=1S/C21H21N7O/c1-3-4-16-13-18(28-27-16)23-21-25-19(14-5-7-17(29-2)8-6-14)24-20(26-21)15-9-11-22-12-10-15/h5-13H,3-4H2,1-2H3,(H2,23,24,25,26,27,28). The zero-order chi connectivity index (χ0) is 20.1. The number of anilines is 2. The number of methoxy groups -OCH3 is 1. The van der Waals surface area contributed by atoms with Gasteiger partial charge in [-0.2, -0.15) is 15.1 Å². The van der Waals surface area contributed by atoms with Crippen LogP contribution in [0.4, 0.5) is 11.8 Å². The lowest BCUT2D eigenvalue weighted by atomic mass is 10.2. The van der Waals surface area contributed by atoms with Crippen molar-refractivity contribution in [1.29, 1.82) is 0 Å². The normalized spacial score (nSPS) is 10.7. The van der Waals surface area contributed by atoms with Crippen LogP contribution >= 0.6 is 0 Å². The number of benzene rings is 1. The van der Waals surface area contributed by atoms with Crippen LogP contribution in [-0.2, 0) is 6.42 Å². The molecule has 0 aliphatic carbocycles. The van der Waals surface area contributed by atoms with Gasteiger partial charge in [-0.25, -0.2) is 4.98 Å². The van der Waals surface area contributed by atoms with Crippen LogP contribution in [0.1, 0.15) is 19.0 Å². The van der Waals surface area contributed by atoms with Gasteiger partial charge in [-0.15, -0.1) is 0 Å². The van der Waals surface area contributed by atoms with Crippen LogP contribution in [0.15, 0.2) is 54.9 Å². The lowest BCUT2D eigenvalue weighted by Crippen LogP contribution is -2.03. The fraction of sp³-hybridized carbons (Fsp3) is 0.190. The van der Waals surface area contributed by atoms with Crippen molar-refractivity contribution in [2.24, 2.45) is 0 Å². The van der Waals surface area contributed by atoms with E-state index in [0.29, 0.717) is 23.4 Å². The topological polar surface area (TPSA) is 102 Å². The Morgan fingerprint density at radius 3 is 2.28 bits per heavy atom. The molecule has 3 heterocycles. The number of aromatic amines is 1. The number of hydrogen-bond acceptors (Lipinski definition) is 7. The van der Waals surface area contributed by atoms with Crippen molar-refractivity contribution >= 4 is 11.8 Å². The highest BCUT2D eigenvalue weighted by Gasteiger charge is 2.12. The third-order valence-electron chi connectivity index (χ3n) is 4.31.